The molecule has 1 fully saturated rings. The third kappa shape index (κ3) is 3.45. The first kappa shape index (κ1) is 19.5. The molecule has 1 aromatic carbocycles. The molecular formula is C18H22N4O6. The molecule has 0 aromatic heterocycles. The Balaban J connectivity index is 1.71. The molecule has 2 aliphatic rings. The first-order valence-corrected chi connectivity index (χ1v) is 8.87. The summed E-state index contributed by atoms with van der Waals surface area (Å²) in [6.45, 7) is 4.86. The monoisotopic (exact) mass is 390 g/mol. The average Bonchev–Trinajstić information content (AvgIpc) is 3.20. The van der Waals surface area contributed by atoms with Crippen LogP contribution in [0.5, 0.6) is 11.5 Å². The molecule has 1 aromatic rings. The predicted octanol–water partition coefficient (Wildman–Crippen LogP) is -0.177. The number of hydrogen-bond donors (Lipinski definition) is 3. The van der Waals surface area contributed by atoms with E-state index >= 15 is 0 Å². The topological polar surface area (TPSA) is 126 Å². The number of rotatable bonds is 6. The number of nitrogens with zero attached hydrogens (tertiary/aromatic N) is 1. The lowest BCUT2D eigenvalue weighted by molar-refractivity contribution is -0.135. The van der Waals surface area contributed by atoms with E-state index in [0.29, 0.717) is 23.6 Å². The first-order valence-electron chi connectivity index (χ1n) is 8.87. The van der Waals surface area contributed by atoms with Gasteiger partial charge in [-0.15, -0.1) is 0 Å². The second kappa shape index (κ2) is 7.37. The zero-order valence-corrected chi connectivity index (χ0v) is 15.8. The van der Waals surface area contributed by atoms with Crippen LogP contribution >= 0.6 is 0 Å². The summed E-state index contributed by atoms with van der Waals surface area (Å²) in [6, 6.07) is 3.47. The number of nitrogens with one attached hydrogen (secondary N) is 3. The van der Waals surface area contributed by atoms with Crippen molar-refractivity contribution in [3.8, 4) is 11.5 Å². The van der Waals surface area contributed by atoms with E-state index in [9.17, 15) is 19.2 Å². The van der Waals surface area contributed by atoms with Crippen molar-refractivity contribution in [2.24, 2.45) is 0 Å². The molecule has 5 amide bonds. The van der Waals surface area contributed by atoms with Crippen molar-refractivity contribution in [2.45, 2.75) is 32.4 Å². The molecule has 2 heterocycles. The van der Waals surface area contributed by atoms with E-state index in [0.717, 1.165) is 4.90 Å². The van der Waals surface area contributed by atoms with Gasteiger partial charge >= 0.3 is 6.03 Å². The maximum Gasteiger partial charge on any atom is 0.325 e. The fourth-order valence-electron chi connectivity index (χ4n) is 3.07. The third-order valence-corrected chi connectivity index (χ3v) is 4.65. The van der Waals surface area contributed by atoms with Crippen molar-refractivity contribution in [1.82, 2.24) is 20.9 Å². The molecule has 0 bridgehead atoms. The summed E-state index contributed by atoms with van der Waals surface area (Å²) in [6.07, 6.45) is 0. The number of hydrogen-bond acceptors (Lipinski definition) is 6. The number of imide groups is 1. The van der Waals surface area contributed by atoms with Crippen molar-refractivity contribution < 1.29 is 28.7 Å². The van der Waals surface area contributed by atoms with Gasteiger partial charge in [-0.05, 0) is 38.5 Å². The highest BCUT2D eigenvalue weighted by Crippen LogP contribution is 2.37. The SMILES string of the molecule is CCNC(=O)[C@@H](C)NC(=O)CN1C(=O)N[C@](C)(c2ccc3c(c2)OCO3)C1=O. The van der Waals surface area contributed by atoms with E-state index in [2.05, 4.69) is 16.0 Å². The number of carbonyl (C=O) groups excluding carboxylic acids is 4. The largest absolute Gasteiger partial charge is 0.454 e. The maximum absolute atomic E-state index is 12.9. The number of ether oxygens (including phenoxy) is 2. The van der Waals surface area contributed by atoms with E-state index in [1.54, 1.807) is 32.0 Å². The second-order valence-electron chi connectivity index (χ2n) is 6.70. The van der Waals surface area contributed by atoms with Crippen molar-refractivity contribution >= 4 is 23.8 Å². The minimum atomic E-state index is -1.34. The zero-order chi connectivity index (χ0) is 20.5. The quantitative estimate of drug-likeness (QED) is 0.579. The van der Waals surface area contributed by atoms with Crippen LogP contribution in [0.4, 0.5) is 4.79 Å². The molecule has 2 atom stereocenters. The van der Waals surface area contributed by atoms with Crippen molar-refractivity contribution in [1.29, 1.82) is 0 Å². The average molecular weight is 390 g/mol. The molecule has 1 saturated heterocycles. The smallest absolute Gasteiger partial charge is 0.325 e. The van der Waals surface area contributed by atoms with E-state index in [1.165, 1.54) is 6.92 Å². The van der Waals surface area contributed by atoms with Gasteiger partial charge in [-0.3, -0.25) is 19.3 Å². The van der Waals surface area contributed by atoms with Crippen molar-refractivity contribution in [2.75, 3.05) is 19.9 Å². The first-order chi connectivity index (χ1) is 13.3. The maximum atomic E-state index is 12.9. The van der Waals surface area contributed by atoms with Gasteiger partial charge in [-0.2, -0.15) is 0 Å². The Morgan fingerprint density at radius 1 is 1.29 bits per heavy atom. The third-order valence-electron chi connectivity index (χ3n) is 4.65. The highest BCUT2D eigenvalue weighted by Gasteiger charge is 2.50. The van der Waals surface area contributed by atoms with Gasteiger partial charge in [0.15, 0.2) is 11.5 Å². The molecule has 0 aliphatic carbocycles. The Morgan fingerprint density at radius 2 is 2.00 bits per heavy atom. The molecule has 2 aliphatic heterocycles. The molecule has 10 heteroatoms. The van der Waals surface area contributed by atoms with Gasteiger partial charge in [0.2, 0.25) is 18.6 Å². The lowest BCUT2D eigenvalue weighted by Crippen LogP contribution is -2.49. The molecule has 10 nitrogen and oxygen atoms in total. The van der Waals surface area contributed by atoms with Crippen LogP contribution in [0.25, 0.3) is 0 Å². The van der Waals surface area contributed by atoms with E-state index in [1.807, 2.05) is 0 Å². The van der Waals surface area contributed by atoms with Gasteiger partial charge < -0.3 is 25.4 Å². The van der Waals surface area contributed by atoms with Crippen LogP contribution in [0.1, 0.15) is 26.3 Å². The van der Waals surface area contributed by atoms with Gasteiger partial charge in [-0.25, -0.2) is 4.79 Å². The number of benzene rings is 1. The van der Waals surface area contributed by atoms with Gasteiger partial charge in [0, 0.05) is 6.54 Å². The Hall–Kier alpha value is -3.30. The summed E-state index contributed by atoms with van der Waals surface area (Å²) in [4.78, 5) is 50.0. The zero-order valence-electron chi connectivity index (χ0n) is 15.8. The van der Waals surface area contributed by atoms with E-state index in [-0.39, 0.29) is 12.7 Å². The fraction of sp³-hybridized carbons (Fsp3) is 0.444. The number of urea groups is 1. The normalized spacial score (nSPS) is 21.3. The lowest BCUT2D eigenvalue weighted by atomic mass is 9.91. The molecular weight excluding hydrogens is 368 g/mol. The second-order valence-corrected chi connectivity index (χ2v) is 6.70. The summed E-state index contributed by atoms with van der Waals surface area (Å²) in [5.74, 6) is -0.500. The minimum absolute atomic E-state index is 0.0892. The highest BCUT2D eigenvalue weighted by molar-refractivity contribution is 6.09. The van der Waals surface area contributed by atoms with Gasteiger partial charge in [0.1, 0.15) is 18.1 Å². The molecule has 28 heavy (non-hydrogen) atoms. The molecule has 0 saturated carbocycles. The summed E-state index contributed by atoms with van der Waals surface area (Å²) in [7, 11) is 0. The van der Waals surface area contributed by atoms with Crippen LogP contribution in [0.15, 0.2) is 18.2 Å². The van der Waals surface area contributed by atoms with E-state index in [4.69, 9.17) is 9.47 Å². The summed E-state index contributed by atoms with van der Waals surface area (Å²) in [5.41, 5.74) is -0.836. The number of amides is 5. The molecule has 0 radical (unpaired) electrons. The number of fused-ring (bicyclic) bond motifs is 1. The van der Waals surface area contributed by atoms with Crippen LogP contribution in [0.2, 0.25) is 0 Å². The van der Waals surface area contributed by atoms with Crippen molar-refractivity contribution in [3.05, 3.63) is 23.8 Å². The van der Waals surface area contributed by atoms with E-state index < -0.39 is 36.0 Å². The molecule has 150 valence electrons. The van der Waals surface area contributed by atoms with Gasteiger partial charge in [-0.1, -0.05) is 6.07 Å². The lowest BCUT2D eigenvalue weighted by Gasteiger charge is -2.22. The number of likely N-dealkylation sites (N-methyl/N-ethyl adjacent to an activating group) is 1. The molecule has 0 spiro atoms. The van der Waals surface area contributed by atoms with Crippen LogP contribution < -0.4 is 25.4 Å². The van der Waals surface area contributed by atoms with Crippen LogP contribution in [0.3, 0.4) is 0 Å². The van der Waals surface area contributed by atoms with Gasteiger partial charge in [0.25, 0.3) is 5.91 Å². The van der Waals surface area contributed by atoms with Crippen LogP contribution in [-0.2, 0) is 19.9 Å². The van der Waals surface area contributed by atoms with Crippen LogP contribution in [-0.4, -0.2) is 54.6 Å². The fourth-order valence-corrected chi connectivity index (χ4v) is 3.07. The Labute approximate surface area is 161 Å². The Kier molecular flexibility index (Phi) is 5.12. The number of carbonyl (C=O) groups is 4. The molecule has 3 N–H and O–H groups in total. The van der Waals surface area contributed by atoms with Crippen molar-refractivity contribution in [3.63, 3.8) is 0 Å². The molecule has 3 rings (SSSR count). The molecule has 0 unspecified atom stereocenters. The summed E-state index contributed by atoms with van der Waals surface area (Å²) in [5, 5.41) is 7.67. The summed E-state index contributed by atoms with van der Waals surface area (Å²) >= 11 is 0. The Morgan fingerprint density at radius 3 is 2.71 bits per heavy atom. The van der Waals surface area contributed by atoms with Gasteiger partial charge in [0.05, 0.1) is 0 Å². The predicted molar refractivity (Wildman–Crippen MR) is 96.5 cm³/mol. The minimum Gasteiger partial charge on any atom is -0.454 e. The summed E-state index contributed by atoms with van der Waals surface area (Å²) < 4.78 is 10.6. The standard InChI is InChI=1S/C18H22N4O6/c1-4-19-15(24)10(2)20-14(23)8-22-16(25)18(3,21-17(22)26)11-5-6-12-13(7-11)28-9-27-12/h5-7,10H,4,8-9H2,1-3H3,(H,19,24)(H,20,23)(H,21,26)/t10-,18-/m1/s1. The van der Waals surface area contributed by atoms with Crippen LogP contribution in [0, 0.1) is 0 Å². The Bertz CT molecular complexity index is 841. The highest BCUT2D eigenvalue weighted by atomic mass is 16.7.